The van der Waals surface area contributed by atoms with Crippen LogP contribution < -0.4 is 9.62 Å². The number of benzene rings is 1. The molecule has 8 heteroatoms. The van der Waals surface area contributed by atoms with Crippen LogP contribution in [0.4, 0.5) is 5.69 Å². The number of rotatable bonds is 7. The van der Waals surface area contributed by atoms with Gasteiger partial charge >= 0.3 is 5.97 Å². The zero-order valence-corrected chi connectivity index (χ0v) is 14.6. The number of anilines is 1. The molecule has 0 unspecified atom stereocenters. The van der Waals surface area contributed by atoms with E-state index in [1.165, 1.54) is 17.5 Å². The summed E-state index contributed by atoms with van der Waals surface area (Å²) in [5.74, 6) is -0.513. The molecule has 0 bridgehead atoms. The molecule has 24 heavy (non-hydrogen) atoms. The van der Waals surface area contributed by atoms with E-state index in [1.54, 1.807) is 18.2 Å². The fourth-order valence-electron chi connectivity index (χ4n) is 2.49. The maximum Gasteiger partial charge on any atom is 0.337 e. The number of hydrogen-bond donors (Lipinski definition) is 1. The summed E-state index contributed by atoms with van der Waals surface area (Å²) < 4.78 is 29.9. The van der Waals surface area contributed by atoms with Crippen molar-refractivity contribution in [3.05, 3.63) is 29.8 Å². The number of sulfonamides is 1. The number of ether oxygens (including phenoxy) is 1. The standard InChI is InChI=1S/C16H22N2O5S/c1-23-16(20)13-7-4-8-14(11-13)18(24(2,21)22)10-9-17-15(19)12-5-3-6-12/h4,7-8,11-12H,3,5-6,9-10H2,1-2H3,(H,17,19). The van der Waals surface area contributed by atoms with Crippen molar-refractivity contribution in [3.63, 3.8) is 0 Å². The van der Waals surface area contributed by atoms with E-state index in [-0.39, 0.29) is 30.5 Å². The SMILES string of the molecule is COC(=O)c1cccc(N(CCNC(=O)C2CCC2)S(C)(=O)=O)c1. The highest BCUT2D eigenvalue weighted by Crippen LogP contribution is 2.26. The summed E-state index contributed by atoms with van der Waals surface area (Å²) in [5.41, 5.74) is 0.625. The van der Waals surface area contributed by atoms with Crippen molar-refractivity contribution >= 4 is 27.6 Å². The molecule has 1 amide bonds. The van der Waals surface area contributed by atoms with Gasteiger partial charge in [0.25, 0.3) is 0 Å². The Balaban J connectivity index is 2.08. The molecule has 7 nitrogen and oxygen atoms in total. The molecule has 0 atom stereocenters. The zero-order valence-electron chi connectivity index (χ0n) is 13.8. The van der Waals surface area contributed by atoms with Crippen LogP contribution in [0.2, 0.25) is 0 Å². The third-order valence-corrected chi connectivity index (χ3v) is 5.24. The second kappa shape index (κ2) is 7.65. The molecule has 132 valence electrons. The lowest BCUT2D eigenvalue weighted by molar-refractivity contribution is -0.127. The molecule has 0 aromatic heterocycles. The minimum Gasteiger partial charge on any atom is -0.465 e. The van der Waals surface area contributed by atoms with Gasteiger partial charge in [0.05, 0.1) is 31.2 Å². The third-order valence-electron chi connectivity index (χ3n) is 4.05. The van der Waals surface area contributed by atoms with E-state index < -0.39 is 16.0 Å². The van der Waals surface area contributed by atoms with Crippen LogP contribution >= 0.6 is 0 Å². The van der Waals surface area contributed by atoms with Gasteiger partial charge in [0.1, 0.15) is 0 Å². The van der Waals surface area contributed by atoms with Gasteiger partial charge in [0, 0.05) is 12.5 Å². The minimum atomic E-state index is -3.55. The third kappa shape index (κ3) is 4.47. The Kier molecular flexibility index (Phi) is 5.82. The summed E-state index contributed by atoms with van der Waals surface area (Å²) >= 11 is 0. The summed E-state index contributed by atoms with van der Waals surface area (Å²) in [7, 11) is -2.28. The summed E-state index contributed by atoms with van der Waals surface area (Å²) in [6, 6.07) is 6.20. The topological polar surface area (TPSA) is 92.8 Å². The van der Waals surface area contributed by atoms with Gasteiger partial charge in [-0.15, -0.1) is 0 Å². The molecule has 0 aliphatic heterocycles. The van der Waals surface area contributed by atoms with E-state index in [0.29, 0.717) is 5.69 Å². The minimum absolute atomic E-state index is 0.0296. The monoisotopic (exact) mass is 354 g/mol. The van der Waals surface area contributed by atoms with Gasteiger partial charge in [0.2, 0.25) is 15.9 Å². The van der Waals surface area contributed by atoms with Gasteiger partial charge in [0.15, 0.2) is 0 Å². The highest BCUT2D eigenvalue weighted by molar-refractivity contribution is 7.92. The van der Waals surface area contributed by atoms with Crippen molar-refractivity contribution in [1.82, 2.24) is 5.32 Å². The molecule has 0 radical (unpaired) electrons. The highest BCUT2D eigenvalue weighted by atomic mass is 32.2. The molecule has 1 fully saturated rings. The first-order valence-electron chi connectivity index (χ1n) is 7.76. The maximum absolute atomic E-state index is 12.1. The van der Waals surface area contributed by atoms with Gasteiger partial charge in [-0.1, -0.05) is 12.5 Å². The largest absolute Gasteiger partial charge is 0.465 e. The number of methoxy groups -OCH3 is 1. The number of hydrogen-bond acceptors (Lipinski definition) is 5. The molecule has 0 heterocycles. The Morgan fingerprint density at radius 1 is 1.33 bits per heavy atom. The zero-order chi connectivity index (χ0) is 17.7. The number of carbonyl (C=O) groups excluding carboxylic acids is 2. The summed E-state index contributed by atoms with van der Waals surface area (Å²) in [6.45, 7) is 0.312. The Morgan fingerprint density at radius 2 is 2.04 bits per heavy atom. The fourth-order valence-corrected chi connectivity index (χ4v) is 3.41. The van der Waals surface area contributed by atoms with Gasteiger partial charge in [-0.2, -0.15) is 0 Å². The predicted octanol–water partition coefficient (Wildman–Crippen LogP) is 1.16. The first-order chi connectivity index (χ1) is 11.3. The van der Waals surface area contributed by atoms with Gasteiger partial charge < -0.3 is 10.1 Å². The van der Waals surface area contributed by atoms with Crippen LogP contribution in [0.5, 0.6) is 0 Å². The van der Waals surface area contributed by atoms with Crippen LogP contribution in [0, 0.1) is 5.92 Å². The first-order valence-corrected chi connectivity index (χ1v) is 9.61. The number of esters is 1. The normalized spacial score (nSPS) is 14.6. The summed E-state index contributed by atoms with van der Waals surface area (Å²) in [5, 5.41) is 2.77. The molecule has 0 spiro atoms. The molecule has 1 aliphatic rings. The molecule has 0 saturated heterocycles. The number of nitrogens with one attached hydrogen (secondary N) is 1. The lowest BCUT2D eigenvalue weighted by Crippen LogP contribution is -2.41. The molecule has 1 aromatic carbocycles. The van der Waals surface area contributed by atoms with E-state index >= 15 is 0 Å². The molecule has 1 aromatic rings. The average molecular weight is 354 g/mol. The van der Waals surface area contributed by atoms with Crippen molar-refractivity contribution in [2.45, 2.75) is 19.3 Å². The van der Waals surface area contributed by atoms with Gasteiger partial charge in [-0.25, -0.2) is 13.2 Å². The Bertz CT molecular complexity index is 713. The van der Waals surface area contributed by atoms with E-state index in [9.17, 15) is 18.0 Å². The van der Waals surface area contributed by atoms with Crippen LogP contribution in [-0.2, 0) is 19.6 Å². The lowest BCUT2D eigenvalue weighted by atomic mass is 9.85. The Morgan fingerprint density at radius 3 is 2.58 bits per heavy atom. The Labute approximate surface area is 142 Å². The first kappa shape index (κ1) is 18.3. The molecule has 2 rings (SSSR count). The van der Waals surface area contributed by atoms with Crippen LogP contribution in [0.25, 0.3) is 0 Å². The second-order valence-electron chi connectivity index (χ2n) is 5.80. The molecule has 1 saturated carbocycles. The van der Waals surface area contributed by atoms with E-state index in [0.717, 1.165) is 25.5 Å². The van der Waals surface area contributed by atoms with Crippen molar-refractivity contribution in [3.8, 4) is 0 Å². The van der Waals surface area contributed by atoms with Crippen LogP contribution in [-0.4, -0.2) is 46.7 Å². The van der Waals surface area contributed by atoms with Crippen LogP contribution in [0.3, 0.4) is 0 Å². The summed E-state index contributed by atoms with van der Waals surface area (Å²) in [6.07, 6.45) is 3.94. The van der Waals surface area contributed by atoms with E-state index in [2.05, 4.69) is 10.1 Å². The average Bonchev–Trinajstić information content (AvgIpc) is 2.48. The summed E-state index contributed by atoms with van der Waals surface area (Å²) in [4.78, 5) is 23.4. The number of nitrogens with zero attached hydrogens (tertiary/aromatic N) is 1. The van der Waals surface area contributed by atoms with Crippen LogP contribution in [0.1, 0.15) is 29.6 Å². The van der Waals surface area contributed by atoms with Gasteiger partial charge in [-0.3, -0.25) is 9.10 Å². The smallest absolute Gasteiger partial charge is 0.337 e. The lowest BCUT2D eigenvalue weighted by Gasteiger charge is -2.26. The van der Waals surface area contributed by atoms with Crippen molar-refractivity contribution in [2.75, 3.05) is 30.8 Å². The molecular weight excluding hydrogens is 332 g/mol. The van der Waals surface area contributed by atoms with E-state index in [1.807, 2.05) is 0 Å². The van der Waals surface area contributed by atoms with Crippen molar-refractivity contribution in [2.24, 2.45) is 5.92 Å². The van der Waals surface area contributed by atoms with Gasteiger partial charge in [-0.05, 0) is 31.0 Å². The predicted molar refractivity (Wildman–Crippen MR) is 90.3 cm³/mol. The number of carbonyl (C=O) groups is 2. The van der Waals surface area contributed by atoms with E-state index in [4.69, 9.17) is 0 Å². The molecule has 1 N–H and O–H groups in total. The second-order valence-corrected chi connectivity index (χ2v) is 7.70. The van der Waals surface area contributed by atoms with Crippen molar-refractivity contribution < 1.29 is 22.7 Å². The van der Waals surface area contributed by atoms with Crippen LogP contribution in [0.15, 0.2) is 24.3 Å². The maximum atomic E-state index is 12.1. The highest BCUT2D eigenvalue weighted by Gasteiger charge is 2.25. The quantitative estimate of drug-likeness (QED) is 0.742. The van der Waals surface area contributed by atoms with Crippen molar-refractivity contribution in [1.29, 1.82) is 0 Å². The fraction of sp³-hybridized carbons (Fsp3) is 0.500. The molecular formula is C16H22N2O5S. The molecule has 1 aliphatic carbocycles. The Hall–Kier alpha value is -2.09. The number of amides is 1.